The molecule has 1 nitrogen and oxygen atoms in total. The molecule has 15 heavy (non-hydrogen) atoms. The van der Waals surface area contributed by atoms with Gasteiger partial charge in [0.1, 0.15) is 4.49 Å². The molecule has 2 saturated carbocycles. The van der Waals surface area contributed by atoms with Crippen molar-refractivity contribution in [2.24, 2.45) is 23.7 Å². The molecule has 0 aromatic carbocycles. The van der Waals surface area contributed by atoms with Crippen LogP contribution in [0.25, 0.3) is 0 Å². The Morgan fingerprint density at radius 3 is 2.67 bits per heavy atom. The quantitative estimate of drug-likeness (QED) is 0.636. The van der Waals surface area contributed by atoms with Gasteiger partial charge in [0.15, 0.2) is 5.78 Å². The summed E-state index contributed by atoms with van der Waals surface area (Å²) >= 11 is 11.9. The molecular weight excluding hydrogens is 231 g/mol. The van der Waals surface area contributed by atoms with E-state index < -0.39 is 0 Å². The fourth-order valence-corrected chi connectivity index (χ4v) is 4.32. The maximum Gasteiger partial charge on any atom is 0.159 e. The van der Waals surface area contributed by atoms with E-state index in [4.69, 9.17) is 23.2 Å². The second-order valence-electron chi connectivity index (χ2n) is 4.74. The molecule has 3 aliphatic carbocycles. The summed E-state index contributed by atoms with van der Waals surface area (Å²) in [5.41, 5.74) is 1.17. The fraction of sp³-hybridized carbons (Fsp3) is 0.583. The summed E-state index contributed by atoms with van der Waals surface area (Å²) in [6.07, 6.45) is 7.00. The molecule has 0 amide bonds. The number of fused-ring (bicyclic) bond motifs is 5. The number of rotatable bonds is 0. The molecule has 3 aliphatic rings. The molecule has 0 radical (unpaired) electrons. The van der Waals surface area contributed by atoms with Gasteiger partial charge in [0.05, 0.1) is 0 Å². The van der Waals surface area contributed by atoms with Crippen LogP contribution in [0, 0.1) is 23.7 Å². The number of hydrogen-bond donors (Lipinski definition) is 0. The molecule has 0 aromatic rings. The van der Waals surface area contributed by atoms with E-state index in [-0.39, 0.29) is 11.7 Å². The Balaban J connectivity index is 2.06. The first-order valence-corrected chi connectivity index (χ1v) is 6.21. The number of ketones is 1. The van der Waals surface area contributed by atoms with Crippen molar-refractivity contribution in [3.8, 4) is 0 Å². The number of carbonyl (C=O) groups is 1. The molecule has 4 atom stereocenters. The summed E-state index contributed by atoms with van der Waals surface area (Å²) in [5, 5.41) is 0. The van der Waals surface area contributed by atoms with Crippen LogP contribution in [0.2, 0.25) is 0 Å². The van der Waals surface area contributed by atoms with Gasteiger partial charge in [-0.15, -0.1) is 0 Å². The van der Waals surface area contributed by atoms with Crippen molar-refractivity contribution in [1.82, 2.24) is 0 Å². The van der Waals surface area contributed by atoms with Crippen LogP contribution in [0.15, 0.2) is 22.2 Å². The summed E-state index contributed by atoms with van der Waals surface area (Å²) in [6.45, 7) is 0. The minimum absolute atomic E-state index is 0.177. The highest BCUT2D eigenvalue weighted by atomic mass is 35.5. The zero-order valence-corrected chi connectivity index (χ0v) is 9.76. The predicted octanol–water partition coefficient (Wildman–Crippen LogP) is 3.48. The van der Waals surface area contributed by atoms with Crippen molar-refractivity contribution >= 4 is 29.0 Å². The highest BCUT2D eigenvalue weighted by Crippen LogP contribution is 2.59. The third-order valence-electron chi connectivity index (χ3n) is 4.24. The van der Waals surface area contributed by atoms with Gasteiger partial charge in [0.2, 0.25) is 0 Å². The summed E-state index contributed by atoms with van der Waals surface area (Å²) in [6, 6.07) is 0. The van der Waals surface area contributed by atoms with Crippen molar-refractivity contribution in [2.75, 3.05) is 0 Å². The van der Waals surface area contributed by atoms with Gasteiger partial charge in [0.25, 0.3) is 0 Å². The third kappa shape index (κ3) is 1.26. The number of hydrogen-bond acceptors (Lipinski definition) is 1. The van der Waals surface area contributed by atoms with Crippen molar-refractivity contribution in [3.05, 3.63) is 22.2 Å². The van der Waals surface area contributed by atoms with Crippen LogP contribution in [0.3, 0.4) is 0 Å². The topological polar surface area (TPSA) is 17.1 Å². The van der Waals surface area contributed by atoms with Gasteiger partial charge in [0, 0.05) is 5.92 Å². The van der Waals surface area contributed by atoms with Crippen molar-refractivity contribution in [3.63, 3.8) is 0 Å². The van der Waals surface area contributed by atoms with Crippen LogP contribution in [0.4, 0.5) is 0 Å². The summed E-state index contributed by atoms with van der Waals surface area (Å²) in [7, 11) is 0. The minimum Gasteiger partial charge on any atom is -0.295 e. The van der Waals surface area contributed by atoms with Crippen molar-refractivity contribution in [2.45, 2.75) is 19.3 Å². The SMILES string of the molecule is O=C1C=CCC2C3CCC(C3=C(Cl)Cl)C12. The molecule has 3 rings (SSSR count). The van der Waals surface area contributed by atoms with Crippen LogP contribution in [-0.4, -0.2) is 5.78 Å². The lowest BCUT2D eigenvalue weighted by atomic mass is 9.73. The molecule has 3 heteroatoms. The summed E-state index contributed by atoms with van der Waals surface area (Å²) in [5.74, 6) is 1.74. The van der Waals surface area contributed by atoms with Crippen LogP contribution < -0.4 is 0 Å². The normalized spacial score (nSPS) is 42.3. The molecule has 2 fully saturated rings. The van der Waals surface area contributed by atoms with Crippen LogP contribution in [0.1, 0.15) is 19.3 Å². The molecule has 80 valence electrons. The Hall–Kier alpha value is -0.270. The Labute approximate surface area is 99.1 Å². The molecule has 0 spiro atoms. The van der Waals surface area contributed by atoms with E-state index in [2.05, 4.69) is 0 Å². The minimum atomic E-state index is 0.177. The lowest BCUT2D eigenvalue weighted by Crippen LogP contribution is -2.30. The van der Waals surface area contributed by atoms with Gasteiger partial charge >= 0.3 is 0 Å². The lowest BCUT2D eigenvalue weighted by Gasteiger charge is -2.30. The highest BCUT2D eigenvalue weighted by Gasteiger charge is 2.54. The monoisotopic (exact) mass is 242 g/mol. The van der Waals surface area contributed by atoms with Gasteiger partial charge < -0.3 is 0 Å². The summed E-state index contributed by atoms with van der Waals surface area (Å²) < 4.78 is 0.421. The first-order chi connectivity index (χ1) is 7.20. The van der Waals surface area contributed by atoms with Crippen molar-refractivity contribution in [1.29, 1.82) is 0 Å². The second-order valence-corrected chi connectivity index (χ2v) is 5.69. The number of allylic oxidation sites excluding steroid dienone is 3. The van der Waals surface area contributed by atoms with E-state index in [0.717, 1.165) is 19.3 Å². The van der Waals surface area contributed by atoms with E-state index in [1.807, 2.05) is 6.08 Å². The van der Waals surface area contributed by atoms with Crippen LogP contribution >= 0.6 is 23.2 Å². The number of halogens is 2. The molecule has 0 saturated heterocycles. The average Bonchev–Trinajstić information content (AvgIpc) is 2.73. The fourth-order valence-electron chi connectivity index (χ4n) is 3.76. The average molecular weight is 243 g/mol. The molecule has 0 aliphatic heterocycles. The van der Waals surface area contributed by atoms with Gasteiger partial charge in [-0.25, -0.2) is 0 Å². The van der Waals surface area contributed by atoms with Crippen molar-refractivity contribution < 1.29 is 4.79 Å². The zero-order chi connectivity index (χ0) is 10.6. The first-order valence-electron chi connectivity index (χ1n) is 5.45. The molecule has 4 unspecified atom stereocenters. The van der Waals surface area contributed by atoms with Gasteiger partial charge in [-0.2, -0.15) is 0 Å². The van der Waals surface area contributed by atoms with E-state index in [9.17, 15) is 4.79 Å². The maximum absolute atomic E-state index is 11.8. The van der Waals surface area contributed by atoms with E-state index in [1.54, 1.807) is 6.08 Å². The smallest absolute Gasteiger partial charge is 0.159 e. The largest absolute Gasteiger partial charge is 0.295 e. The van der Waals surface area contributed by atoms with E-state index in [1.165, 1.54) is 5.57 Å². The van der Waals surface area contributed by atoms with E-state index >= 15 is 0 Å². The van der Waals surface area contributed by atoms with Gasteiger partial charge in [-0.3, -0.25) is 4.79 Å². The highest BCUT2D eigenvalue weighted by molar-refractivity contribution is 6.56. The second kappa shape index (κ2) is 3.36. The predicted molar refractivity (Wildman–Crippen MR) is 60.7 cm³/mol. The molecule has 2 bridgehead atoms. The van der Waals surface area contributed by atoms with Gasteiger partial charge in [-0.1, -0.05) is 29.3 Å². The first kappa shape index (κ1) is 9.92. The molecule has 0 aromatic heterocycles. The van der Waals surface area contributed by atoms with Crippen LogP contribution in [0.5, 0.6) is 0 Å². The Bertz CT molecular complexity index is 379. The zero-order valence-electron chi connectivity index (χ0n) is 8.25. The molecular formula is C12H12Cl2O. The number of carbonyl (C=O) groups excluding carboxylic acids is 1. The molecule has 0 N–H and O–H groups in total. The Kier molecular flexibility index (Phi) is 2.22. The standard InChI is InChI=1S/C12H12Cl2O/c13-12(14)11-7-4-5-8(11)10-6(7)2-1-3-9(10)15/h1,3,6-8,10H,2,4-5H2. The molecule has 0 heterocycles. The third-order valence-corrected chi connectivity index (χ3v) is 4.67. The summed E-state index contributed by atoms with van der Waals surface area (Å²) in [4.78, 5) is 11.8. The van der Waals surface area contributed by atoms with Gasteiger partial charge in [-0.05, 0) is 48.7 Å². The van der Waals surface area contributed by atoms with E-state index in [0.29, 0.717) is 22.2 Å². The lowest BCUT2D eigenvalue weighted by molar-refractivity contribution is -0.121. The van der Waals surface area contributed by atoms with Crippen LogP contribution in [-0.2, 0) is 4.79 Å². The Morgan fingerprint density at radius 1 is 1.27 bits per heavy atom. The Morgan fingerprint density at radius 2 is 2.00 bits per heavy atom. The maximum atomic E-state index is 11.8.